The van der Waals surface area contributed by atoms with Crippen LogP contribution in [0.1, 0.15) is 69.2 Å². The van der Waals surface area contributed by atoms with Crippen molar-refractivity contribution in [3.8, 4) is 22.5 Å². The first-order chi connectivity index (χ1) is 20.9. The van der Waals surface area contributed by atoms with Crippen LogP contribution >= 0.6 is 0 Å². The predicted molar refractivity (Wildman–Crippen MR) is 166 cm³/mol. The van der Waals surface area contributed by atoms with E-state index < -0.39 is 10.8 Å². The van der Waals surface area contributed by atoms with E-state index in [2.05, 4.69) is 48.5 Å². The Balaban J connectivity index is 1.62. The summed E-state index contributed by atoms with van der Waals surface area (Å²) in [6, 6.07) is 25.2. The van der Waals surface area contributed by atoms with Gasteiger partial charge in [-0.2, -0.15) is 0 Å². The Labute approximate surface area is 253 Å². The molecule has 2 heterocycles. The average molecular weight is 575 g/mol. The van der Waals surface area contributed by atoms with E-state index >= 15 is 0 Å². The summed E-state index contributed by atoms with van der Waals surface area (Å²) in [4.78, 5) is 36.2. The normalized spacial score (nSPS) is 20.7. The van der Waals surface area contributed by atoms with E-state index in [0.717, 1.165) is 44.8 Å². The van der Waals surface area contributed by atoms with Crippen LogP contribution in [-0.2, 0) is 29.9 Å². The first-order valence-electron chi connectivity index (χ1n) is 15.3. The van der Waals surface area contributed by atoms with Crippen LogP contribution in [0.5, 0.6) is 0 Å². The van der Waals surface area contributed by atoms with E-state index in [1.165, 1.54) is 0 Å². The van der Waals surface area contributed by atoms with Crippen LogP contribution in [0.15, 0.2) is 85.2 Å². The Hall–Kier alpha value is -4.32. The van der Waals surface area contributed by atoms with Gasteiger partial charge in [0.25, 0.3) is 0 Å². The van der Waals surface area contributed by atoms with Crippen LogP contribution in [0.3, 0.4) is 0 Å². The number of rotatable bonds is 10. The van der Waals surface area contributed by atoms with Crippen LogP contribution in [0.4, 0.5) is 0 Å². The van der Waals surface area contributed by atoms with Crippen molar-refractivity contribution in [1.29, 1.82) is 0 Å². The summed E-state index contributed by atoms with van der Waals surface area (Å²) in [5, 5.41) is 0. The van der Waals surface area contributed by atoms with Crippen LogP contribution in [-0.4, -0.2) is 35.1 Å². The van der Waals surface area contributed by atoms with Crippen LogP contribution in [0.25, 0.3) is 22.5 Å². The van der Waals surface area contributed by atoms with Gasteiger partial charge in [-0.3, -0.25) is 19.6 Å². The number of esters is 2. The van der Waals surface area contributed by atoms with Crippen molar-refractivity contribution in [3.05, 3.63) is 107 Å². The van der Waals surface area contributed by atoms with Gasteiger partial charge in [0, 0.05) is 34.4 Å². The SMILES string of the molecule is CCOC(=O)C(C)CC1(CC2(CC(C)C(=O)OCC)c3ccccc3-c3ncccc32)c2ccccc2-c2ncccc21. The number of aromatic nitrogens is 2. The minimum absolute atomic E-state index is 0.209. The molecule has 2 aromatic heterocycles. The smallest absolute Gasteiger partial charge is 0.308 e. The maximum atomic E-state index is 13.2. The summed E-state index contributed by atoms with van der Waals surface area (Å²) < 4.78 is 11.1. The summed E-state index contributed by atoms with van der Waals surface area (Å²) in [6.45, 7) is 8.27. The van der Waals surface area contributed by atoms with Crippen LogP contribution in [0, 0.1) is 11.8 Å². The number of fused-ring (bicyclic) bond motifs is 6. The summed E-state index contributed by atoms with van der Waals surface area (Å²) in [5.74, 6) is -1.16. The van der Waals surface area contributed by atoms with Gasteiger partial charge in [-0.15, -0.1) is 0 Å². The summed E-state index contributed by atoms with van der Waals surface area (Å²) in [6.07, 6.45) is 5.37. The quantitative estimate of drug-likeness (QED) is 0.185. The van der Waals surface area contributed by atoms with Gasteiger partial charge in [0.05, 0.1) is 36.4 Å². The lowest BCUT2D eigenvalue weighted by Crippen LogP contribution is -2.41. The molecule has 43 heavy (non-hydrogen) atoms. The van der Waals surface area contributed by atoms with Crippen molar-refractivity contribution in [1.82, 2.24) is 9.97 Å². The van der Waals surface area contributed by atoms with Crippen LogP contribution < -0.4 is 0 Å². The summed E-state index contributed by atoms with van der Waals surface area (Å²) >= 11 is 0. The molecule has 0 radical (unpaired) electrons. The molecule has 6 heteroatoms. The molecule has 4 unspecified atom stereocenters. The Morgan fingerprint density at radius 2 is 1.02 bits per heavy atom. The Morgan fingerprint density at radius 3 is 1.44 bits per heavy atom. The first kappa shape index (κ1) is 28.8. The fourth-order valence-electron chi connectivity index (χ4n) is 7.78. The standard InChI is InChI=1S/C37H38N2O4/c1-5-42-34(40)24(3)21-36(28-15-9-7-13-26(28)32-30(36)17-11-19-38-32)23-37(22-25(4)35(41)43-6-2)29-16-10-8-14-27(29)33-31(37)18-12-20-39-33/h7-20,24-25H,5-6,21-23H2,1-4H3. The molecule has 0 spiro atoms. The van der Waals surface area contributed by atoms with E-state index in [1.54, 1.807) is 0 Å². The lowest BCUT2D eigenvalue weighted by Gasteiger charge is -2.44. The van der Waals surface area contributed by atoms with Crippen molar-refractivity contribution in [2.45, 2.75) is 57.8 Å². The zero-order valence-electron chi connectivity index (χ0n) is 25.3. The second kappa shape index (κ2) is 11.4. The van der Waals surface area contributed by atoms with Crippen molar-refractivity contribution >= 4 is 11.9 Å². The number of ether oxygens (including phenoxy) is 2. The average Bonchev–Trinajstić information content (AvgIpc) is 3.45. The predicted octanol–water partition coefficient (Wildman–Crippen LogP) is 7.28. The largest absolute Gasteiger partial charge is 0.466 e. The Kier molecular flexibility index (Phi) is 7.63. The highest BCUT2D eigenvalue weighted by Gasteiger charge is 2.55. The zero-order chi connectivity index (χ0) is 30.2. The topological polar surface area (TPSA) is 78.4 Å². The molecule has 4 aromatic rings. The molecule has 6 rings (SSSR count). The minimum atomic E-state index is -0.592. The second-order valence-electron chi connectivity index (χ2n) is 11.9. The molecule has 0 fully saturated rings. The van der Waals surface area contributed by atoms with Crippen LogP contribution in [0.2, 0.25) is 0 Å². The number of benzene rings is 2. The third-order valence-electron chi connectivity index (χ3n) is 9.33. The molecule has 2 aromatic carbocycles. The number of pyridine rings is 2. The molecule has 0 aliphatic heterocycles. The van der Waals surface area contributed by atoms with Crippen molar-refractivity contribution < 1.29 is 19.1 Å². The van der Waals surface area contributed by atoms with Crippen molar-refractivity contribution in [3.63, 3.8) is 0 Å². The van der Waals surface area contributed by atoms with Gasteiger partial charge in [-0.1, -0.05) is 74.5 Å². The molecule has 0 bridgehead atoms. The number of carbonyl (C=O) groups is 2. The molecule has 2 aliphatic carbocycles. The van der Waals surface area contributed by atoms with E-state index in [1.807, 2.05) is 64.4 Å². The van der Waals surface area contributed by atoms with Gasteiger partial charge in [0.15, 0.2) is 0 Å². The lowest BCUT2D eigenvalue weighted by atomic mass is 9.58. The lowest BCUT2D eigenvalue weighted by molar-refractivity contribution is -0.148. The molecule has 6 nitrogen and oxygen atoms in total. The zero-order valence-corrected chi connectivity index (χ0v) is 25.3. The Morgan fingerprint density at radius 1 is 0.628 bits per heavy atom. The molecule has 2 aliphatic rings. The minimum Gasteiger partial charge on any atom is -0.466 e. The number of nitrogens with zero attached hydrogens (tertiary/aromatic N) is 2. The van der Waals surface area contributed by atoms with Gasteiger partial charge in [0.2, 0.25) is 0 Å². The van der Waals surface area contributed by atoms with E-state index in [0.29, 0.717) is 32.5 Å². The molecule has 4 atom stereocenters. The summed E-state index contributed by atoms with van der Waals surface area (Å²) in [7, 11) is 0. The van der Waals surface area contributed by atoms with E-state index in [4.69, 9.17) is 19.4 Å². The van der Waals surface area contributed by atoms with Gasteiger partial charge >= 0.3 is 11.9 Å². The number of hydrogen-bond acceptors (Lipinski definition) is 6. The van der Waals surface area contributed by atoms with Gasteiger partial charge in [-0.05, 0) is 67.5 Å². The fraction of sp³-hybridized carbons (Fsp3) is 0.351. The van der Waals surface area contributed by atoms with E-state index in [9.17, 15) is 9.59 Å². The monoisotopic (exact) mass is 574 g/mol. The maximum absolute atomic E-state index is 13.2. The molecule has 0 saturated heterocycles. The van der Waals surface area contributed by atoms with Gasteiger partial charge < -0.3 is 9.47 Å². The highest BCUT2D eigenvalue weighted by Crippen LogP contribution is 2.62. The Bertz CT molecular complexity index is 1460. The molecular formula is C37H38N2O4. The number of carbonyl (C=O) groups excluding carboxylic acids is 2. The second-order valence-corrected chi connectivity index (χ2v) is 11.9. The maximum Gasteiger partial charge on any atom is 0.308 e. The highest BCUT2D eigenvalue weighted by atomic mass is 16.5. The molecule has 0 N–H and O–H groups in total. The third kappa shape index (κ3) is 4.64. The first-order valence-corrected chi connectivity index (χ1v) is 15.3. The van der Waals surface area contributed by atoms with Crippen molar-refractivity contribution in [2.24, 2.45) is 11.8 Å². The summed E-state index contributed by atoms with van der Waals surface area (Å²) in [5.41, 5.74) is 7.38. The van der Waals surface area contributed by atoms with Gasteiger partial charge in [-0.25, -0.2) is 0 Å². The van der Waals surface area contributed by atoms with E-state index in [-0.39, 0.29) is 23.8 Å². The molecule has 0 saturated carbocycles. The molecular weight excluding hydrogens is 536 g/mol. The van der Waals surface area contributed by atoms with Crippen molar-refractivity contribution in [2.75, 3.05) is 13.2 Å². The number of hydrogen-bond donors (Lipinski definition) is 0. The fourth-order valence-corrected chi connectivity index (χ4v) is 7.78. The molecule has 220 valence electrons. The highest BCUT2D eigenvalue weighted by molar-refractivity contribution is 5.83. The third-order valence-corrected chi connectivity index (χ3v) is 9.33. The van der Waals surface area contributed by atoms with Gasteiger partial charge in [0.1, 0.15) is 0 Å². The molecule has 0 amide bonds.